The van der Waals surface area contributed by atoms with Gasteiger partial charge < -0.3 is 9.47 Å². The second-order valence-electron chi connectivity index (χ2n) is 3.44. The third kappa shape index (κ3) is 3.97. The molecule has 7 heteroatoms. The van der Waals surface area contributed by atoms with E-state index in [0.29, 0.717) is 10.6 Å². The summed E-state index contributed by atoms with van der Waals surface area (Å²) in [4.78, 5) is 22.2. The Bertz CT molecular complexity index is 492. The first-order valence-electron chi connectivity index (χ1n) is 5.27. The van der Waals surface area contributed by atoms with Crippen molar-refractivity contribution >= 4 is 43.1 Å². The fourth-order valence-electron chi connectivity index (χ4n) is 1.53. The zero-order valence-corrected chi connectivity index (χ0v) is 11.8. The van der Waals surface area contributed by atoms with E-state index in [-0.39, 0.29) is 12.3 Å². The van der Waals surface area contributed by atoms with Crippen molar-refractivity contribution in [2.24, 2.45) is 0 Å². The lowest BCUT2D eigenvalue weighted by Gasteiger charge is -2.13. The van der Waals surface area contributed by atoms with Gasteiger partial charge in [0.2, 0.25) is 0 Å². The van der Waals surface area contributed by atoms with E-state index in [1.165, 1.54) is 11.7 Å². The van der Waals surface area contributed by atoms with Crippen LogP contribution in [0.1, 0.15) is 11.6 Å². The van der Waals surface area contributed by atoms with Gasteiger partial charge in [-0.25, -0.2) is 4.79 Å². The molecule has 0 amide bonds. The normalized spacial score (nSPS) is 12.7. The summed E-state index contributed by atoms with van der Waals surface area (Å²) in [7, 11) is 1.27. The summed E-state index contributed by atoms with van der Waals surface area (Å²) < 4.78 is 10.7. The average Bonchev–Trinajstić information content (AvgIpc) is 2.44. The van der Waals surface area contributed by atoms with Gasteiger partial charge in [0.05, 0.1) is 12.1 Å². The molecule has 1 aromatic carbocycles. The molecule has 0 unspecified atom stereocenters. The Hall–Kier alpha value is -1.53. The molecule has 102 valence electrons. The summed E-state index contributed by atoms with van der Waals surface area (Å²) in [5, 5.41) is 0.407. The van der Waals surface area contributed by atoms with Crippen LogP contribution in [-0.2, 0) is 19.1 Å². The third-order valence-corrected chi connectivity index (χ3v) is 3.04. The highest BCUT2D eigenvalue weighted by Crippen LogP contribution is 2.26. The van der Waals surface area contributed by atoms with Crippen LogP contribution in [0.15, 0.2) is 24.3 Å². The average molecular weight is 303 g/mol. The molecule has 1 rings (SSSR count). The lowest BCUT2D eigenvalue weighted by Crippen LogP contribution is -2.28. The molecule has 1 atom stereocenters. The van der Waals surface area contributed by atoms with Gasteiger partial charge in [-0.05, 0) is 6.07 Å². The Labute approximate surface area is 121 Å². The maximum atomic E-state index is 11.9. The van der Waals surface area contributed by atoms with Crippen molar-refractivity contribution in [2.75, 3.05) is 13.0 Å². The molecular weight excluding hydrogens is 290 g/mol. The van der Waals surface area contributed by atoms with Crippen LogP contribution in [0.4, 0.5) is 0 Å². The molecule has 0 aliphatic heterocycles. The van der Waals surface area contributed by atoms with Crippen molar-refractivity contribution in [1.29, 1.82) is 0 Å². The second kappa shape index (κ2) is 7.81. The molecule has 1 aromatic rings. The molecule has 0 saturated heterocycles. The first-order valence-corrected chi connectivity index (χ1v) is 6.28. The van der Waals surface area contributed by atoms with Crippen LogP contribution >= 0.6 is 24.2 Å². The van der Waals surface area contributed by atoms with Crippen molar-refractivity contribution in [3.63, 3.8) is 0 Å². The van der Waals surface area contributed by atoms with Gasteiger partial charge in [0.1, 0.15) is 0 Å². The van der Waals surface area contributed by atoms with E-state index in [1.807, 2.05) is 0 Å². The van der Waals surface area contributed by atoms with Crippen LogP contribution < -0.4 is 0 Å². The monoisotopic (exact) mass is 302 g/mol. The van der Waals surface area contributed by atoms with Gasteiger partial charge in [-0.2, -0.15) is 4.58 Å². The molecule has 0 radical (unpaired) electrons. The molecule has 0 spiro atoms. The summed E-state index contributed by atoms with van der Waals surface area (Å²) in [6.07, 6.45) is 1.10. The number of esters is 1. The minimum absolute atomic E-state index is 0.138. The predicted molar refractivity (Wildman–Crippen MR) is 73.5 cm³/mol. The summed E-state index contributed by atoms with van der Waals surface area (Å²) in [6.45, 7) is 0.247. The predicted octanol–water partition coefficient (Wildman–Crippen LogP) is 1.66. The number of benzene rings is 1. The Kier molecular flexibility index (Phi) is 6.38. The number of carbonyl (C=O) groups excluding carboxylic acids is 2. The zero-order valence-electron chi connectivity index (χ0n) is 10.2. The number of methoxy groups -OCH3 is 1. The number of hydrogen-bond acceptors (Lipinski definition) is 5. The maximum absolute atomic E-state index is 11.9. The van der Waals surface area contributed by atoms with E-state index in [2.05, 4.69) is 17.4 Å². The lowest BCUT2D eigenvalue weighted by molar-refractivity contribution is -0.543. The van der Waals surface area contributed by atoms with Crippen molar-refractivity contribution in [2.45, 2.75) is 6.04 Å². The van der Waals surface area contributed by atoms with Crippen molar-refractivity contribution in [3.8, 4) is 0 Å². The summed E-state index contributed by atoms with van der Waals surface area (Å²) >= 11 is 10.2. The van der Waals surface area contributed by atoms with Crippen molar-refractivity contribution in [3.05, 3.63) is 34.9 Å². The zero-order chi connectivity index (χ0) is 14.3. The molecule has 0 fully saturated rings. The number of carbonyl (C=O) groups is 2. The van der Waals surface area contributed by atoms with E-state index in [1.54, 1.807) is 24.3 Å². The molecule has 0 aromatic heterocycles. The summed E-state index contributed by atoms with van der Waals surface area (Å²) in [5.74, 6) is -0.397. The van der Waals surface area contributed by atoms with Crippen LogP contribution in [0.2, 0.25) is 5.02 Å². The van der Waals surface area contributed by atoms with Gasteiger partial charge in [0, 0.05) is 5.56 Å². The Morgan fingerprint density at radius 1 is 1.53 bits per heavy atom. The van der Waals surface area contributed by atoms with E-state index in [4.69, 9.17) is 16.3 Å². The molecule has 0 aliphatic carbocycles. The number of ether oxygens (including phenoxy) is 2. The molecule has 0 saturated carbocycles. The molecule has 19 heavy (non-hydrogen) atoms. The number of hydrogen-bond donors (Lipinski definition) is 1. The maximum Gasteiger partial charge on any atom is 0.380 e. The summed E-state index contributed by atoms with van der Waals surface area (Å²) in [5.41, 5.74) is 0.538. The number of nitrogens with zero attached hydrogens (tertiary/aromatic N) is 1. The van der Waals surface area contributed by atoms with E-state index < -0.39 is 12.0 Å². The molecule has 0 aliphatic rings. The van der Waals surface area contributed by atoms with Crippen LogP contribution in [-0.4, -0.2) is 36.4 Å². The third-order valence-electron chi connectivity index (χ3n) is 2.37. The largest absolute Gasteiger partial charge is 0.464 e. The van der Waals surface area contributed by atoms with E-state index in [9.17, 15) is 9.59 Å². The first-order chi connectivity index (χ1) is 9.15. The van der Waals surface area contributed by atoms with Gasteiger partial charge in [0.25, 0.3) is 6.04 Å². The smallest absolute Gasteiger partial charge is 0.380 e. The summed E-state index contributed by atoms with van der Waals surface area (Å²) in [6, 6.07) is 6.00. The standard InChI is InChI=1S/C12H12ClNO4S/c1-17-12(16)11(14(7-19)6-18-8-15)9-4-2-3-5-10(9)13/h2-6,8,11H,7H2,1H3/p+1/b14-6+/t11-/m0/s1. The molecular formula is C12H13ClNO4S+. The van der Waals surface area contributed by atoms with Crippen LogP contribution in [0.5, 0.6) is 0 Å². The van der Waals surface area contributed by atoms with E-state index in [0.717, 1.165) is 6.40 Å². The highest BCUT2D eigenvalue weighted by Gasteiger charge is 2.33. The Morgan fingerprint density at radius 2 is 2.21 bits per heavy atom. The first kappa shape index (κ1) is 15.5. The molecule has 0 bridgehead atoms. The molecule has 0 N–H and O–H groups in total. The quantitative estimate of drug-likeness (QED) is 0.165. The minimum Gasteiger partial charge on any atom is -0.464 e. The molecule has 5 nitrogen and oxygen atoms in total. The van der Waals surface area contributed by atoms with Crippen LogP contribution in [0, 0.1) is 0 Å². The van der Waals surface area contributed by atoms with Gasteiger partial charge in [0.15, 0.2) is 5.88 Å². The SMILES string of the molecule is COC(=O)[C@H](c1ccccc1Cl)/[N+](=C/OC=O)CS. The van der Waals surface area contributed by atoms with Crippen LogP contribution in [0.3, 0.4) is 0 Å². The van der Waals surface area contributed by atoms with Gasteiger partial charge >= 0.3 is 18.8 Å². The van der Waals surface area contributed by atoms with Crippen LogP contribution in [0.25, 0.3) is 0 Å². The van der Waals surface area contributed by atoms with Gasteiger partial charge in [-0.1, -0.05) is 29.8 Å². The minimum atomic E-state index is -0.837. The van der Waals surface area contributed by atoms with Crippen molar-refractivity contribution < 1.29 is 23.6 Å². The lowest BCUT2D eigenvalue weighted by atomic mass is 10.1. The fraction of sp³-hybridized carbons (Fsp3) is 0.250. The molecule has 0 heterocycles. The Balaban J connectivity index is 3.25. The highest BCUT2D eigenvalue weighted by atomic mass is 35.5. The van der Waals surface area contributed by atoms with E-state index >= 15 is 0 Å². The number of thiol groups is 1. The van der Waals surface area contributed by atoms with Crippen molar-refractivity contribution in [1.82, 2.24) is 0 Å². The topological polar surface area (TPSA) is 55.6 Å². The highest BCUT2D eigenvalue weighted by molar-refractivity contribution is 7.80. The number of halogens is 1. The van der Waals surface area contributed by atoms with Gasteiger partial charge in [-0.3, -0.25) is 4.79 Å². The second-order valence-corrected chi connectivity index (χ2v) is 4.13. The van der Waals surface area contributed by atoms with Gasteiger partial charge in [-0.15, -0.1) is 12.6 Å². The Morgan fingerprint density at radius 3 is 2.74 bits per heavy atom. The number of rotatable bonds is 6. The fourth-order valence-corrected chi connectivity index (χ4v) is 2.00.